The van der Waals surface area contributed by atoms with Crippen molar-refractivity contribution >= 4 is 5.91 Å². The topological polar surface area (TPSA) is 23.6 Å². The van der Waals surface area contributed by atoms with E-state index < -0.39 is 0 Å². The van der Waals surface area contributed by atoms with Gasteiger partial charge in [-0.3, -0.25) is 9.69 Å². The Morgan fingerprint density at radius 1 is 1.29 bits per heavy atom. The summed E-state index contributed by atoms with van der Waals surface area (Å²) in [5.41, 5.74) is 0.304. The van der Waals surface area contributed by atoms with E-state index in [1.165, 1.54) is 25.3 Å². The Hall–Kier alpha value is -0.830. The SMILES string of the molecule is C=CC(=O)N1CCN(C(C)(CC)CCC)CC1. The van der Waals surface area contributed by atoms with Gasteiger partial charge in [0, 0.05) is 31.7 Å². The zero-order valence-corrected chi connectivity index (χ0v) is 11.5. The van der Waals surface area contributed by atoms with Gasteiger partial charge in [0.25, 0.3) is 0 Å². The predicted octanol–water partition coefficient (Wildman–Crippen LogP) is 2.29. The molecule has 0 bridgehead atoms. The quantitative estimate of drug-likeness (QED) is 0.686. The number of nitrogens with zero attached hydrogens (tertiary/aromatic N) is 2. The molecule has 1 aliphatic heterocycles. The summed E-state index contributed by atoms with van der Waals surface area (Å²) >= 11 is 0. The van der Waals surface area contributed by atoms with Crippen LogP contribution in [0.3, 0.4) is 0 Å². The molecule has 1 amide bonds. The number of piperazine rings is 1. The van der Waals surface area contributed by atoms with Gasteiger partial charge in [-0.2, -0.15) is 0 Å². The highest BCUT2D eigenvalue weighted by molar-refractivity contribution is 5.87. The standard InChI is InChI=1S/C14H26N2O/c1-5-8-14(4,7-3)16-11-9-15(10-12-16)13(17)6-2/h6H,2,5,7-12H2,1,3-4H3. The van der Waals surface area contributed by atoms with E-state index in [1.807, 2.05) is 4.90 Å². The molecule has 1 aliphatic rings. The number of amides is 1. The third-order valence-corrected chi connectivity index (χ3v) is 4.08. The Labute approximate surface area is 105 Å². The van der Waals surface area contributed by atoms with Gasteiger partial charge in [0.2, 0.25) is 5.91 Å². The van der Waals surface area contributed by atoms with Crippen molar-refractivity contribution in [2.75, 3.05) is 26.2 Å². The molecule has 1 atom stereocenters. The van der Waals surface area contributed by atoms with Crippen molar-refractivity contribution in [2.24, 2.45) is 0 Å². The lowest BCUT2D eigenvalue weighted by Crippen LogP contribution is -2.56. The number of rotatable bonds is 5. The van der Waals surface area contributed by atoms with E-state index in [0.29, 0.717) is 5.54 Å². The van der Waals surface area contributed by atoms with E-state index >= 15 is 0 Å². The van der Waals surface area contributed by atoms with E-state index in [4.69, 9.17) is 0 Å². The van der Waals surface area contributed by atoms with Gasteiger partial charge in [-0.1, -0.05) is 26.8 Å². The summed E-state index contributed by atoms with van der Waals surface area (Å²) in [4.78, 5) is 15.9. The zero-order valence-electron chi connectivity index (χ0n) is 11.5. The van der Waals surface area contributed by atoms with Crippen molar-refractivity contribution < 1.29 is 4.79 Å². The maximum atomic E-state index is 11.5. The molecule has 0 saturated carbocycles. The number of hydrogen-bond donors (Lipinski definition) is 0. The third-order valence-electron chi connectivity index (χ3n) is 4.08. The van der Waals surface area contributed by atoms with Crippen LogP contribution in [0.5, 0.6) is 0 Å². The molecule has 98 valence electrons. The average molecular weight is 238 g/mol. The highest BCUT2D eigenvalue weighted by Gasteiger charge is 2.32. The molecular formula is C14H26N2O. The van der Waals surface area contributed by atoms with Crippen LogP contribution in [-0.2, 0) is 4.79 Å². The fraction of sp³-hybridized carbons (Fsp3) is 0.786. The molecule has 0 spiro atoms. The van der Waals surface area contributed by atoms with Crippen LogP contribution in [0.4, 0.5) is 0 Å². The summed E-state index contributed by atoms with van der Waals surface area (Å²) in [6.45, 7) is 14.1. The fourth-order valence-corrected chi connectivity index (χ4v) is 2.69. The second-order valence-corrected chi connectivity index (χ2v) is 5.12. The first-order valence-electron chi connectivity index (χ1n) is 6.73. The van der Waals surface area contributed by atoms with Gasteiger partial charge in [0.1, 0.15) is 0 Å². The van der Waals surface area contributed by atoms with Crippen molar-refractivity contribution in [3.63, 3.8) is 0 Å². The minimum Gasteiger partial charge on any atom is -0.337 e. The minimum absolute atomic E-state index is 0.0679. The third kappa shape index (κ3) is 3.32. The molecule has 1 rings (SSSR count). The number of carbonyl (C=O) groups excluding carboxylic acids is 1. The van der Waals surface area contributed by atoms with Crippen LogP contribution in [0.15, 0.2) is 12.7 Å². The van der Waals surface area contributed by atoms with Crippen LogP contribution in [-0.4, -0.2) is 47.4 Å². The second-order valence-electron chi connectivity index (χ2n) is 5.12. The highest BCUT2D eigenvalue weighted by Crippen LogP contribution is 2.26. The maximum Gasteiger partial charge on any atom is 0.246 e. The summed E-state index contributed by atoms with van der Waals surface area (Å²) in [5, 5.41) is 0. The van der Waals surface area contributed by atoms with Crippen LogP contribution in [0.25, 0.3) is 0 Å². The molecule has 0 aromatic heterocycles. The van der Waals surface area contributed by atoms with Crippen LogP contribution in [0, 0.1) is 0 Å². The second kappa shape index (κ2) is 6.20. The van der Waals surface area contributed by atoms with Crippen LogP contribution in [0.2, 0.25) is 0 Å². The molecule has 1 saturated heterocycles. The fourth-order valence-electron chi connectivity index (χ4n) is 2.69. The van der Waals surface area contributed by atoms with Crippen molar-refractivity contribution in [3.05, 3.63) is 12.7 Å². The first kappa shape index (κ1) is 14.2. The van der Waals surface area contributed by atoms with E-state index in [-0.39, 0.29) is 5.91 Å². The predicted molar refractivity (Wildman–Crippen MR) is 72.0 cm³/mol. The molecule has 0 N–H and O–H groups in total. The van der Waals surface area contributed by atoms with Gasteiger partial charge in [-0.15, -0.1) is 0 Å². The van der Waals surface area contributed by atoms with Gasteiger partial charge in [-0.25, -0.2) is 0 Å². The molecule has 0 aromatic carbocycles. The zero-order chi connectivity index (χ0) is 12.9. The minimum atomic E-state index is 0.0679. The Kier molecular flexibility index (Phi) is 5.19. The largest absolute Gasteiger partial charge is 0.337 e. The Bertz CT molecular complexity index is 269. The molecule has 0 aliphatic carbocycles. The molecule has 3 heteroatoms. The summed E-state index contributed by atoms with van der Waals surface area (Å²) in [6.07, 6.45) is 5.05. The highest BCUT2D eigenvalue weighted by atomic mass is 16.2. The molecule has 1 heterocycles. The van der Waals surface area contributed by atoms with Crippen molar-refractivity contribution in [1.82, 2.24) is 9.80 Å². The van der Waals surface area contributed by atoms with Crippen molar-refractivity contribution in [1.29, 1.82) is 0 Å². The molecule has 17 heavy (non-hydrogen) atoms. The van der Waals surface area contributed by atoms with Crippen LogP contribution >= 0.6 is 0 Å². The summed E-state index contributed by atoms with van der Waals surface area (Å²) < 4.78 is 0. The molecule has 0 radical (unpaired) electrons. The number of hydrogen-bond acceptors (Lipinski definition) is 2. The monoisotopic (exact) mass is 238 g/mol. The van der Waals surface area contributed by atoms with Gasteiger partial charge in [0.05, 0.1) is 0 Å². The first-order chi connectivity index (χ1) is 8.07. The van der Waals surface area contributed by atoms with Gasteiger partial charge < -0.3 is 4.90 Å². The first-order valence-corrected chi connectivity index (χ1v) is 6.73. The molecule has 3 nitrogen and oxygen atoms in total. The summed E-state index contributed by atoms with van der Waals surface area (Å²) in [6, 6.07) is 0. The van der Waals surface area contributed by atoms with E-state index in [2.05, 4.69) is 32.3 Å². The summed E-state index contributed by atoms with van der Waals surface area (Å²) in [7, 11) is 0. The smallest absolute Gasteiger partial charge is 0.246 e. The summed E-state index contributed by atoms with van der Waals surface area (Å²) in [5.74, 6) is 0.0679. The van der Waals surface area contributed by atoms with Crippen molar-refractivity contribution in [2.45, 2.75) is 45.6 Å². The lowest BCUT2D eigenvalue weighted by molar-refractivity contribution is -0.128. The van der Waals surface area contributed by atoms with Crippen molar-refractivity contribution in [3.8, 4) is 0 Å². The lowest BCUT2D eigenvalue weighted by Gasteiger charge is -2.45. The Morgan fingerprint density at radius 2 is 1.88 bits per heavy atom. The lowest BCUT2D eigenvalue weighted by atomic mass is 9.90. The van der Waals surface area contributed by atoms with Gasteiger partial charge in [0.15, 0.2) is 0 Å². The Morgan fingerprint density at radius 3 is 2.29 bits per heavy atom. The van der Waals surface area contributed by atoms with Crippen LogP contribution in [0.1, 0.15) is 40.0 Å². The van der Waals surface area contributed by atoms with E-state index in [9.17, 15) is 4.79 Å². The average Bonchev–Trinajstić information content (AvgIpc) is 2.38. The Balaban J connectivity index is 2.55. The molecule has 1 unspecified atom stereocenters. The van der Waals surface area contributed by atoms with E-state index in [1.54, 1.807) is 0 Å². The molecular weight excluding hydrogens is 212 g/mol. The maximum absolute atomic E-state index is 11.5. The normalized spacial score (nSPS) is 21.0. The van der Waals surface area contributed by atoms with Gasteiger partial charge >= 0.3 is 0 Å². The molecule has 0 aromatic rings. The van der Waals surface area contributed by atoms with Crippen LogP contribution < -0.4 is 0 Å². The van der Waals surface area contributed by atoms with E-state index in [0.717, 1.165) is 26.2 Å². The van der Waals surface area contributed by atoms with Gasteiger partial charge in [-0.05, 0) is 25.8 Å². The number of carbonyl (C=O) groups is 1. The molecule has 1 fully saturated rings.